The van der Waals surface area contributed by atoms with Crippen molar-refractivity contribution in [1.82, 2.24) is 34.8 Å². The van der Waals surface area contributed by atoms with E-state index < -0.39 is 42.2 Å². The molecule has 0 radical (unpaired) electrons. The smallest absolute Gasteiger partial charge is 0.405 e. The number of urea groups is 1. The maximum Gasteiger partial charge on any atom is 0.405 e. The molecule has 5 amide bonds. The van der Waals surface area contributed by atoms with Gasteiger partial charge in [0.05, 0.1) is 26.3 Å². The van der Waals surface area contributed by atoms with Crippen molar-refractivity contribution in [1.29, 1.82) is 0 Å². The first-order valence-corrected chi connectivity index (χ1v) is 21.8. The minimum absolute atomic E-state index is 0.0578. The fraction of sp³-hybridized carbons (Fsp3) is 0.533. The van der Waals surface area contributed by atoms with Crippen molar-refractivity contribution in [2.24, 2.45) is 13.0 Å². The van der Waals surface area contributed by atoms with Crippen molar-refractivity contribution >= 4 is 29.4 Å². The van der Waals surface area contributed by atoms with E-state index >= 15 is 0 Å². The monoisotopic (exact) mass is 892 g/mol. The van der Waals surface area contributed by atoms with Gasteiger partial charge in [0, 0.05) is 100 Å². The van der Waals surface area contributed by atoms with Crippen LogP contribution in [0.3, 0.4) is 0 Å². The first-order chi connectivity index (χ1) is 30.6. The number of halogens is 3. The number of ether oxygens (including phenoxy) is 2. The van der Waals surface area contributed by atoms with E-state index in [0.29, 0.717) is 84.4 Å². The number of piperidine rings is 2. The molecule has 2 aromatic carbocycles. The Morgan fingerprint density at radius 1 is 0.922 bits per heavy atom. The Morgan fingerprint density at radius 3 is 2.30 bits per heavy atom. The Labute approximate surface area is 368 Å². The molecule has 3 atom stereocenters. The molecule has 6 heterocycles. The van der Waals surface area contributed by atoms with Gasteiger partial charge in [-0.25, -0.2) is 4.79 Å². The zero-order valence-corrected chi connectivity index (χ0v) is 36.5. The van der Waals surface area contributed by atoms with E-state index in [-0.39, 0.29) is 50.6 Å². The third-order valence-corrected chi connectivity index (χ3v) is 13.7. The van der Waals surface area contributed by atoms with Crippen LogP contribution in [0.1, 0.15) is 70.9 Å². The summed E-state index contributed by atoms with van der Waals surface area (Å²) in [6.07, 6.45) is -0.993. The number of piperazine rings is 1. The van der Waals surface area contributed by atoms with Gasteiger partial charge >= 0.3 is 12.2 Å². The average Bonchev–Trinajstić information content (AvgIpc) is 3.54. The van der Waals surface area contributed by atoms with Gasteiger partial charge in [-0.2, -0.15) is 13.2 Å². The number of amides is 5. The second-order valence-electron chi connectivity index (χ2n) is 17.4. The molecular formula is C45H55F3N8O8. The molecule has 1 aromatic heterocycles. The molecule has 0 bridgehead atoms. The average molecular weight is 893 g/mol. The van der Waals surface area contributed by atoms with Gasteiger partial charge in [0.25, 0.3) is 11.5 Å². The number of methoxy groups -OCH3 is 2. The third kappa shape index (κ3) is 8.64. The number of aliphatic hydroxyl groups is 1. The Bertz CT molecular complexity index is 2360. The molecule has 0 saturated carbocycles. The normalized spacial score (nSPS) is 22.3. The quantitative estimate of drug-likeness (QED) is 0.256. The van der Waals surface area contributed by atoms with Crippen LogP contribution >= 0.6 is 0 Å². The van der Waals surface area contributed by atoms with E-state index in [4.69, 9.17) is 9.47 Å². The first-order valence-electron chi connectivity index (χ1n) is 21.8. The van der Waals surface area contributed by atoms with Gasteiger partial charge in [0.15, 0.2) is 6.23 Å². The SMILES string of the molecule is CNC(=O)N1CCc2c(-c3cc(OC)c(CN4CCN(CCC5CCN(c6ccc7c(c6)C(=O)N(C6CCC(=O)NC6=O)C7O)CC5)CC4C(F)(F)F)c(OC)c3)cn(C)c(=O)c2C1. The number of hydrogen-bond acceptors (Lipinski definition) is 11. The highest BCUT2D eigenvalue weighted by molar-refractivity contribution is 6.06. The topological polar surface area (TPSA) is 169 Å². The number of nitrogens with one attached hydrogen (secondary N) is 2. The van der Waals surface area contributed by atoms with Crippen LogP contribution in [-0.2, 0) is 36.1 Å². The van der Waals surface area contributed by atoms with Gasteiger partial charge < -0.3 is 39.2 Å². The summed E-state index contributed by atoms with van der Waals surface area (Å²) in [4.78, 5) is 71.5. The fourth-order valence-electron chi connectivity index (χ4n) is 10.1. The Balaban J connectivity index is 0.896. The number of rotatable bonds is 10. The van der Waals surface area contributed by atoms with E-state index in [2.05, 4.69) is 15.5 Å². The maximum atomic E-state index is 14.9. The number of aryl methyl sites for hydroxylation is 1. The summed E-state index contributed by atoms with van der Waals surface area (Å²) in [6.45, 7) is 2.88. The summed E-state index contributed by atoms with van der Waals surface area (Å²) in [5.74, 6) is -0.428. The molecule has 5 aliphatic rings. The number of hydrogen-bond donors (Lipinski definition) is 3. The molecule has 3 saturated heterocycles. The Morgan fingerprint density at radius 2 is 1.64 bits per heavy atom. The minimum Gasteiger partial charge on any atom is -0.496 e. The molecule has 0 aliphatic carbocycles. The second kappa shape index (κ2) is 18.1. The van der Waals surface area contributed by atoms with Crippen molar-refractivity contribution in [3.8, 4) is 22.6 Å². The lowest BCUT2D eigenvalue weighted by Gasteiger charge is -2.43. The first kappa shape index (κ1) is 44.9. The van der Waals surface area contributed by atoms with Crippen LogP contribution in [-0.4, -0.2) is 138 Å². The van der Waals surface area contributed by atoms with Crippen LogP contribution in [0.25, 0.3) is 11.1 Å². The number of aromatic nitrogens is 1. The number of benzene rings is 2. The van der Waals surface area contributed by atoms with E-state index in [9.17, 15) is 42.3 Å². The minimum atomic E-state index is -4.49. The highest BCUT2D eigenvalue weighted by Crippen LogP contribution is 2.41. The Hall–Kier alpha value is -5.66. The van der Waals surface area contributed by atoms with Gasteiger partial charge in [-0.15, -0.1) is 0 Å². The largest absolute Gasteiger partial charge is 0.496 e. The van der Waals surface area contributed by atoms with Crippen LogP contribution in [0.2, 0.25) is 0 Å². The van der Waals surface area contributed by atoms with Crippen LogP contribution in [0, 0.1) is 5.92 Å². The van der Waals surface area contributed by atoms with Gasteiger partial charge in [-0.1, -0.05) is 6.07 Å². The summed E-state index contributed by atoms with van der Waals surface area (Å²) >= 11 is 0. The second-order valence-corrected chi connectivity index (χ2v) is 17.4. The number of anilines is 1. The number of imide groups is 1. The zero-order valence-electron chi connectivity index (χ0n) is 36.5. The molecule has 64 heavy (non-hydrogen) atoms. The summed E-state index contributed by atoms with van der Waals surface area (Å²) in [6, 6.07) is 5.92. The predicted molar refractivity (Wildman–Crippen MR) is 229 cm³/mol. The van der Waals surface area contributed by atoms with Gasteiger partial charge in [-0.05, 0) is 80.0 Å². The molecule has 3 unspecified atom stereocenters. The number of pyridine rings is 1. The number of aliphatic hydroxyl groups excluding tert-OH is 1. The van der Waals surface area contributed by atoms with E-state index in [1.165, 1.54) is 23.7 Å². The van der Waals surface area contributed by atoms with Crippen molar-refractivity contribution in [2.75, 3.05) is 72.0 Å². The molecule has 5 aliphatic heterocycles. The fourth-order valence-corrected chi connectivity index (χ4v) is 10.1. The van der Waals surface area contributed by atoms with E-state index in [1.54, 1.807) is 49.5 Å². The lowest BCUT2D eigenvalue weighted by atomic mass is 9.91. The Kier molecular flexibility index (Phi) is 12.7. The summed E-state index contributed by atoms with van der Waals surface area (Å²) in [5.41, 5.74) is 4.58. The third-order valence-electron chi connectivity index (χ3n) is 13.7. The zero-order chi connectivity index (χ0) is 45.6. The van der Waals surface area contributed by atoms with Gasteiger partial charge in [0.1, 0.15) is 23.6 Å². The number of nitrogens with zero attached hydrogens (tertiary/aromatic N) is 6. The van der Waals surface area contributed by atoms with E-state index in [1.807, 2.05) is 11.0 Å². The van der Waals surface area contributed by atoms with Crippen LogP contribution in [0.4, 0.5) is 23.7 Å². The lowest BCUT2D eigenvalue weighted by Crippen LogP contribution is -2.58. The van der Waals surface area contributed by atoms with Crippen LogP contribution < -0.4 is 30.6 Å². The molecule has 8 rings (SSSR count). The summed E-state index contributed by atoms with van der Waals surface area (Å²) in [7, 11) is 6.13. The maximum absolute atomic E-state index is 14.9. The number of alkyl halides is 3. The number of fused-ring (bicyclic) bond motifs is 2. The summed E-state index contributed by atoms with van der Waals surface area (Å²) < 4.78 is 57.7. The molecule has 3 aromatic rings. The predicted octanol–water partition coefficient (Wildman–Crippen LogP) is 3.37. The van der Waals surface area contributed by atoms with Crippen molar-refractivity contribution in [2.45, 2.75) is 76.1 Å². The lowest BCUT2D eigenvalue weighted by molar-refractivity contribution is -0.199. The standard InChI is InChI=1S/C45H55F3N8O8/c1-49-44(62)55-16-12-29-32(22-51(2)41(59)33(29)23-55)27-19-36(63-3)34(37(20-27)64-4)24-54-18-17-52(25-38(54)45(46,47)48)13-9-26-10-14-53(15-11-26)28-5-6-30-31(21-28)43(61)56(42(30)60)35-7-8-39(57)50-40(35)58/h5-6,19-22,26,35,38,42,60H,7-18,23-25H2,1-4H3,(H,49,62)(H,50,57,58). The van der Waals surface area contributed by atoms with Gasteiger partial charge in [-0.3, -0.25) is 34.3 Å². The van der Waals surface area contributed by atoms with Gasteiger partial charge in [0.2, 0.25) is 11.8 Å². The highest BCUT2D eigenvalue weighted by Gasteiger charge is 2.47. The highest BCUT2D eigenvalue weighted by atomic mass is 19.4. The number of carbonyl (C=O) groups is 4. The molecule has 344 valence electrons. The molecule has 16 nitrogen and oxygen atoms in total. The molecule has 19 heteroatoms. The molecular weight excluding hydrogens is 838 g/mol. The van der Waals surface area contributed by atoms with Crippen molar-refractivity contribution < 1.29 is 46.9 Å². The van der Waals surface area contributed by atoms with Crippen LogP contribution in [0.5, 0.6) is 11.5 Å². The number of carbonyl (C=O) groups excluding carboxylic acids is 4. The molecule has 3 N–H and O–H groups in total. The molecule has 0 spiro atoms. The van der Waals surface area contributed by atoms with E-state index in [0.717, 1.165) is 41.0 Å². The summed E-state index contributed by atoms with van der Waals surface area (Å²) in [5, 5.41) is 15.8. The molecule has 3 fully saturated rings. The van der Waals surface area contributed by atoms with Crippen LogP contribution in [0.15, 0.2) is 41.3 Å². The van der Waals surface area contributed by atoms with Crippen molar-refractivity contribution in [3.05, 3.63) is 74.7 Å². The van der Waals surface area contributed by atoms with Crippen molar-refractivity contribution in [3.63, 3.8) is 0 Å².